The molecule has 0 aliphatic heterocycles. The molecule has 8 aromatic carbocycles. The predicted octanol–water partition coefficient (Wildman–Crippen LogP) is 16.2. The number of hydrogen-bond donors (Lipinski definition) is 0. The van der Waals surface area contributed by atoms with Crippen LogP contribution in [0.1, 0.15) is 52.7 Å². The highest BCUT2D eigenvalue weighted by molar-refractivity contribution is 6.15. The summed E-state index contributed by atoms with van der Waals surface area (Å²) in [5.74, 6) is 0.674. The van der Waals surface area contributed by atoms with Crippen molar-refractivity contribution in [3.8, 4) is 73.0 Å². The lowest BCUT2D eigenvalue weighted by atomic mass is 9.83. The first-order valence-electron chi connectivity index (χ1n) is 22.0. The summed E-state index contributed by atoms with van der Waals surface area (Å²) in [5.41, 5.74) is 17.6. The number of fused-ring (bicyclic) bond motifs is 3. The van der Waals surface area contributed by atoms with Gasteiger partial charge in [0.2, 0.25) is 0 Å². The van der Waals surface area contributed by atoms with Crippen LogP contribution in [0.15, 0.2) is 200 Å². The van der Waals surface area contributed by atoms with E-state index in [1.54, 1.807) is 0 Å². The molecule has 0 spiro atoms. The fraction of sp³-hybridized carbons (Fsp3) is 0.133. The third-order valence-electron chi connectivity index (χ3n) is 12.3. The second kappa shape index (κ2) is 15.8. The van der Waals surface area contributed by atoms with Crippen LogP contribution in [0.2, 0.25) is 0 Å². The average molecular weight is 814 g/mol. The molecule has 2 aromatic heterocycles. The van der Waals surface area contributed by atoms with Crippen molar-refractivity contribution in [3.63, 3.8) is 0 Å². The van der Waals surface area contributed by atoms with E-state index >= 15 is 0 Å². The molecule has 0 saturated heterocycles. The number of aromatic nitrogens is 3. The molecule has 306 valence electrons. The quantitative estimate of drug-likeness (QED) is 0.160. The fourth-order valence-electron chi connectivity index (χ4n) is 8.89. The van der Waals surface area contributed by atoms with E-state index in [0.29, 0.717) is 5.82 Å². The number of hydrogen-bond acceptors (Lipinski definition) is 2. The minimum absolute atomic E-state index is 0.0363. The molecule has 0 amide bonds. The van der Waals surface area contributed by atoms with Crippen LogP contribution >= 0.6 is 0 Å². The molecule has 0 unspecified atom stereocenters. The van der Waals surface area contributed by atoms with Gasteiger partial charge in [0.05, 0.1) is 28.1 Å². The normalized spacial score (nSPS) is 12.0. The Morgan fingerprint density at radius 3 is 1.21 bits per heavy atom. The van der Waals surface area contributed by atoms with E-state index in [1.807, 2.05) is 12.1 Å². The molecule has 0 aliphatic carbocycles. The van der Waals surface area contributed by atoms with E-state index in [-0.39, 0.29) is 10.8 Å². The van der Waals surface area contributed by atoms with Crippen LogP contribution < -0.4 is 0 Å². The van der Waals surface area contributed by atoms with E-state index in [4.69, 9.17) is 9.97 Å². The Labute approximate surface area is 371 Å². The number of benzene rings is 8. The van der Waals surface area contributed by atoms with Crippen molar-refractivity contribution in [1.82, 2.24) is 14.5 Å². The number of nitrogens with zero attached hydrogens (tertiary/aromatic N) is 3. The predicted molar refractivity (Wildman–Crippen MR) is 266 cm³/mol. The van der Waals surface area contributed by atoms with E-state index in [9.17, 15) is 0 Å². The maximum absolute atomic E-state index is 5.36. The largest absolute Gasteiger partial charge is 0.307 e. The van der Waals surface area contributed by atoms with Gasteiger partial charge in [0.15, 0.2) is 5.82 Å². The van der Waals surface area contributed by atoms with Crippen LogP contribution in [0.25, 0.3) is 94.8 Å². The Hall–Kier alpha value is -7.36. The molecule has 10 aromatic rings. The molecule has 0 radical (unpaired) electrons. The smallest absolute Gasteiger partial charge is 0.160 e. The summed E-state index contributed by atoms with van der Waals surface area (Å²) < 4.78 is 2.57. The lowest BCUT2D eigenvalue weighted by Crippen LogP contribution is -2.11. The number of rotatable bonds is 7. The molecule has 0 fully saturated rings. The van der Waals surface area contributed by atoms with Crippen LogP contribution in [0.4, 0.5) is 0 Å². The van der Waals surface area contributed by atoms with Gasteiger partial charge in [-0.05, 0) is 81.1 Å². The SMILES string of the molecule is CC(C)(C)c1ccc2c(c1)c1cc(C(C)(C)C)cc(-c3ccccc3)c1n2-c1c(-c2ccccc2)cc(-c2nc(-c3ccccc3)cc(-c3ccccc3)n2)cc1-c1ccccc1. The minimum Gasteiger partial charge on any atom is -0.307 e. The zero-order valence-corrected chi connectivity index (χ0v) is 36.9. The van der Waals surface area contributed by atoms with Crippen LogP contribution in [0.5, 0.6) is 0 Å². The molecular formula is C60H51N3. The maximum atomic E-state index is 5.36. The molecule has 3 heteroatoms. The van der Waals surface area contributed by atoms with Crippen molar-refractivity contribution in [1.29, 1.82) is 0 Å². The van der Waals surface area contributed by atoms with Crippen LogP contribution in [-0.2, 0) is 10.8 Å². The molecule has 63 heavy (non-hydrogen) atoms. The topological polar surface area (TPSA) is 30.7 Å². The highest BCUT2D eigenvalue weighted by Gasteiger charge is 2.27. The Morgan fingerprint density at radius 1 is 0.349 bits per heavy atom. The van der Waals surface area contributed by atoms with Crippen LogP contribution in [0.3, 0.4) is 0 Å². The highest BCUT2D eigenvalue weighted by Crippen LogP contribution is 2.47. The molecule has 0 N–H and O–H groups in total. The third kappa shape index (κ3) is 7.55. The summed E-state index contributed by atoms with van der Waals surface area (Å²) in [4.78, 5) is 10.7. The van der Waals surface area contributed by atoms with Gasteiger partial charge in [-0.15, -0.1) is 0 Å². The third-order valence-corrected chi connectivity index (χ3v) is 12.3. The van der Waals surface area contributed by atoms with Gasteiger partial charge >= 0.3 is 0 Å². The molecule has 0 saturated carbocycles. The average Bonchev–Trinajstić information content (AvgIpc) is 3.65. The van der Waals surface area contributed by atoms with E-state index in [1.165, 1.54) is 38.5 Å². The Morgan fingerprint density at radius 2 is 0.762 bits per heavy atom. The van der Waals surface area contributed by atoms with Crippen LogP contribution in [-0.4, -0.2) is 14.5 Å². The van der Waals surface area contributed by atoms with Gasteiger partial charge in [0, 0.05) is 44.2 Å². The fourth-order valence-corrected chi connectivity index (χ4v) is 8.89. The van der Waals surface area contributed by atoms with E-state index in [0.717, 1.165) is 61.5 Å². The van der Waals surface area contributed by atoms with Crippen molar-refractivity contribution < 1.29 is 0 Å². The van der Waals surface area contributed by atoms with Crippen molar-refractivity contribution >= 4 is 21.8 Å². The monoisotopic (exact) mass is 813 g/mol. The molecule has 2 heterocycles. The molecule has 0 bridgehead atoms. The van der Waals surface area contributed by atoms with Gasteiger partial charge < -0.3 is 4.57 Å². The summed E-state index contributed by atoms with van der Waals surface area (Å²) in [6.07, 6.45) is 0. The standard InChI is InChI=1S/C60H51N3/c1-59(2,3)46-32-33-55-51(36-46)52-38-47(60(4,5)6)37-50(42-26-16-9-17-27-42)57(52)63(55)56-48(40-22-12-7-13-23-40)34-45(35-49(56)41-24-14-8-15-25-41)58-61-53(43-28-18-10-19-29-43)39-54(62-58)44-30-20-11-21-31-44/h7-39H,1-6H3. The molecule has 0 aliphatic rings. The second-order valence-electron chi connectivity index (χ2n) is 18.7. The second-order valence-corrected chi connectivity index (χ2v) is 18.7. The zero-order chi connectivity index (χ0) is 43.3. The van der Waals surface area contributed by atoms with E-state index < -0.39 is 0 Å². The summed E-state index contributed by atoms with van der Waals surface area (Å²) in [6.45, 7) is 13.9. The summed E-state index contributed by atoms with van der Waals surface area (Å²) in [6, 6.07) is 72.3. The van der Waals surface area contributed by atoms with Crippen molar-refractivity contribution in [2.45, 2.75) is 52.4 Å². The summed E-state index contributed by atoms with van der Waals surface area (Å²) in [5, 5.41) is 2.49. The molecule has 3 nitrogen and oxygen atoms in total. The Kier molecular flexibility index (Phi) is 9.99. The minimum atomic E-state index is -0.0767. The lowest BCUT2D eigenvalue weighted by molar-refractivity contribution is 0.590. The first-order chi connectivity index (χ1) is 30.5. The summed E-state index contributed by atoms with van der Waals surface area (Å²) >= 11 is 0. The molecule has 10 rings (SSSR count). The van der Waals surface area contributed by atoms with Crippen molar-refractivity contribution in [2.75, 3.05) is 0 Å². The van der Waals surface area contributed by atoms with Gasteiger partial charge in [-0.1, -0.05) is 199 Å². The van der Waals surface area contributed by atoms with Gasteiger partial charge in [0.1, 0.15) is 0 Å². The van der Waals surface area contributed by atoms with Crippen LogP contribution in [0, 0.1) is 0 Å². The highest BCUT2D eigenvalue weighted by atomic mass is 15.0. The first-order valence-corrected chi connectivity index (χ1v) is 22.0. The van der Waals surface area contributed by atoms with Gasteiger partial charge in [-0.2, -0.15) is 0 Å². The van der Waals surface area contributed by atoms with Gasteiger partial charge in [-0.3, -0.25) is 0 Å². The zero-order valence-electron chi connectivity index (χ0n) is 36.9. The van der Waals surface area contributed by atoms with Crippen molar-refractivity contribution in [2.24, 2.45) is 0 Å². The molecular weight excluding hydrogens is 763 g/mol. The van der Waals surface area contributed by atoms with Gasteiger partial charge in [-0.25, -0.2) is 9.97 Å². The molecule has 0 atom stereocenters. The Balaban J connectivity index is 1.38. The van der Waals surface area contributed by atoms with Gasteiger partial charge in [0.25, 0.3) is 0 Å². The van der Waals surface area contributed by atoms with E-state index in [2.05, 4.69) is 234 Å². The Bertz CT molecular complexity index is 3130. The van der Waals surface area contributed by atoms with Crippen molar-refractivity contribution in [3.05, 3.63) is 211 Å². The maximum Gasteiger partial charge on any atom is 0.160 e. The first kappa shape index (κ1) is 39.8. The summed E-state index contributed by atoms with van der Waals surface area (Å²) in [7, 11) is 0. The lowest BCUT2D eigenvalue weighted by Gasteiger charge is -2.24.